The first-order chi connectivity index (χ1) is 3.95. The van der Waals surface area contributed by atoms with Gasteiger partial charge < -0.3 is 11.5 Å². The van der Waals surface area contributed by atoms with Crippen molar-refractivity contribution in [1.29, 1.82) is 0 Å². The predicted octanol–water partition coefficient (Wildman–Crippen LogP) is -2.22. The van der Waals surface area contributed by atoms with Gasteiger partial charge in [-0.25, -0.2) is 8.42 Å². The van der Waals surface area contributed by atoms with Crippen molar-refractivity contribution in [2.24, 2.45) is 11.5 Å². The van der Waals surface area contributed by atoms with E-state index in [1.165, 1.54) is 0 Å². The van der Waals surface area contributed by atoms with Gasteiger partial charge in [-0.05, 0) is 0 Å². The van der Waals surface area contributed by atoms with Crippen LogP contribution >= 0.6 is 0 Å². The minimum Gasteiger partial charge on any atom is -0.328 e. The van der Waals surface area contributed by atoms with E-state index in [1.807, 2.05) is 0 Å². The maximum atomic E-state index is 10.4. The molecule has 0 amide bonds. The van der Waals surface area contributed by atoms with E-state index >= 15 is 0 Å². The van der Waals surface area contributed by atoms with Gasteiger partial charge in [0, 0.05) is 6.54 Å². The number of rotatable bonds is 3. The van der Waals surface area contributed by atoms with Crippen LogP contribution in [0.5, 0.6) is 0 Å². The molecule has 0 saturated heterocycles. The Kier molecular flexibility index (Phi) is 3.06. The summed E-state index contributed by atoms with van der Waals surface area (Å²) in [6.07, 6.45) is 0.364. The average Bonchev–Trinajstić information content (AvgIpc) is 1.62. The normalized spacial score (nSPS) is 15.4. The summed E-state index contributed by atoms with van der Waals surface area (Å²) in [7, 11) is -3.19. The number of hydrogen-bond donors (Lipinski definition) is 3. The van der Waals surface area contributed by atoms with Crippen LogP contribution in [0.25, 0.3) is 0 Å². The molecule has 0 radical (unpaired) electrons. The molecule has 0 bridgehead atoms. The number of nitrogens with two attached hydrogens (primary N) is 2. The zero-order valence-corrected chi connectivity index (χ0v) is 5.98. The first kappa shape index (κ1) is 8.83. The largest absolute Gasteiger partial charge is 0.328 e. The second-order valence-corrected chi connectivity index (χ2v) is 3.51. The SMILES string of the molecule is CS(=O)(=O)NC(N)CN. The molecule has 5 N–H and O–H groups in total. The first-order valence-corrected chi connectivity index (χ1v) is 4.28. The van der Waals surface area contributed by atoms with Gasteiger partial charge >= 0.3 is 0 Å². The summed E-state index contributed by atoms with van der Waals surface area (Å²) in [6.45, 7) is 0.104. The van der Waals surface area contributed by atoms with Crippen LogP contribution in [0.2, 0.25) is 0 Å². The molecule has 0 aromatic heterocycles. The highest BCUT2D eigenvalue weighted by atomic mass is 32.2. The standard InChI is InChI=1S/C3H11N3O2S/c1-9(7,8)6-3(5)2-4/h3,6H,2,4-5H2,1H3. The van der Waals surface area contributed by atoms with E-state index < -0.39 is 16.2 Å². The molecular formula is C3H11N3O2S. The van der Waals surface area contributed by atoms with Crippen LogP contribution in [0.15, 0.2) is 0 Å². The maximum absolute atomic E-state index is 10.4. The molecule has 1 unspecified atom stereocenters. The van der Waals surface area contributed by atoms with E-state index in [2.05, 4.69) is 4.72 Å². The zero-order chi connectivity index (χ0) is 7.49. The highest BCUT2D eigenvalue weighted by Crippen LogP contribution is 1.73. The Bertz CT molecular complexity index is 164. The van der Waals surface area contributed by atoms with E-state index in [0.29, 0.717) is 0 Å². The number of sulfonamides is 1. The van der Waals surface area contributed by atoms with Crippen molar-refractivity contribution < 1.29 is 8.42 Å². The van der Waals surface area contributed by atoms with Crippen LogP contribution < -0.4 is 16.2 Å². The van der Waals surface area contributed by atoms with Crippen LogP contribution in [-0.4, -0.2) is 27.4 Å². The highest BCUT2D eigenvalue weighted by molar-refractivity contribution is 7.88. The molecule has 56 valence electrons. The van der Waals surface area contributed by atoms with Gasteiger partial charge in [-0.15, -0.1) is 0 Å². The third kappa shape index (κ3) is 5.71. The highest BCUT2D eigenvalue weighted by Gasteiger charge is 2.04. The molecule has 0 spiro atoms. The lowest BCUT2D eigenvalue weighted by Gasteiger charge is -2.07. The Morgan fingerprint density at radius 3 is 2.22 bits per heavy atom. The number of nitrogens with one attached hydrogen (secondary N) is 1. The Labute approximate surface area is 54.5 Å². The summed E-state index contributed by atoms with van der Waals surface area (Å²) in [5, 5.41) is 0. The molecule has 0 saturated carbocycles. The van der Waals surface area contributed by atoms with Crippen molar-refractivity contribution in [3.63, 3.8) is 0 Å². The second-order valence-electron chi connectivity index (χ2n) is 1.73. The van der Waals surface area contributed by atoms with Crippen molar-refractivity contribution in [2.45, 2.75) is 6.17 Å². The maximum Gasteiger partial charge on any atom is 0.210 e. The quantitative estimate of drug-likeness (QED) is 0.400. The van der Waals surface area contributed by atoms with E-state index in [1.54, 1.807) is 0 Å². The number of hydrogen-bond acceptors (Lipinski definition) is 4. The Morgan fingerprint density at radius 1 is 1.67 bits per heavy atom. The second kappa shape index (κ2) is 3.11. The smallest absolute Gasteiger partial charge is 0.210 e. The molecular weight excluding hydrogens is 142 g/mol. The van der Waals surface area contributed by atoms with Crippen molar-refractivity contribution in [2.75, 3.05) is 12.8 Å². The summed E-state index contributed by atoms with van der Waals surface area (Å²) >= 11 is 0. The van der Waals surface area contributed by atoms with Crippen molar-refractivity contribution in [3.8, 4) is 0 Å². The fourth-order valence-electron chi connectivity index (χ4n) is 0.323. The van der Waals surface area contributed by atoms with Crippen molar-refractivity contribution in [1.82, 2.24) is 4.72 Å². The summed E-state index contributed by atoms with van der Waals surface area (Å²) in [5.41, 5.74) is 10.2. The van der Waals surface area contributed by atoms with Gasteiger partial charge in [-0.3, -0.25) is 0 Å². The molecule has 9 heavy (non-hydrogen) atoms. The van der Waals surface area contributed by atoms with Crippen LogP contribution in [0.3, 0.4) is 0 Å². The van der Waals surface area contributed by atoms with E-state index in [0.717, 1.165) is 6.26 Å². The monoisotopic (exact) mass is 153 g/mol. The molecule has 0 aromatic carbocycles. The van der Waals surface area contributed by atoms with Crippen LogP contribution in [0, 0.1) is 0 Å². The van der Waals surface area contributed by atoms with E-state index in [4.69, 9.17) is 11.5 Å². The van der Waals surface area contributed by atoms with Crippen LogP contribution in [0.1, 0.15) is 0 Å². The summed E-state index contributed by atoms with van der Waals surface area (Å²) in [4.78, 5) is 0. The molecule has 0 aliphatic heterocycles. The van der Waals surface area contributed by atoms with Gasteiger partial charge in [0.25, 0.3) is 0 Å². The van der Waals surface area contributed by atoms with Crippen LogP contribution in [-0.2, 0) is 10.0 Å². The summed E-state index contributed by atoms with van der Waals surface area (Å²) < 4.78 is 22.8. The predicted molar refractivity (Wildman–Crippen MR) is 35.0 cm³/mol. The third-order valence-electron chi connectivity index (χ3n) is 0.619. The first-order valence-electron chi connectivity index (χ1n) is 2.38. The lowest BCUT2D eigenvalue weighted by Crippen LogP contribution is -2.45. The zero-order valence-electron chi connectivity index (χ0n) is 5.16. The average molecular weight is 153 g/mol. The van der Waals surface area contributed by atoms with Gasteiger partial charge in [-0.2, -0.15) is 4.72 Å². The molecule has 0 fully saturated rings. The lowest BCUT2D eigenvalue weighted by molar-refractivity contribution is 0.562. The lowest BCUT2D eigenvalue weighted by atomic mass is 10.6. The van der Waals surface area contributed by atoms with Gasteiger partial charge in [-0.1, -0.05) is 0 Å². The van der Waals surface area contributed by atoms with E-state index in [-0.39, 0.29) is 6.54 Å². The molecule has 0 aliphatic carbocycles. The molecule has 0 aromatic rings. The summed E-state index contributed by atoms with van der Waals surface area (Å²) in [5.74, 6) is 0. The molecule has 1 atom stereocenters. The fourth-order valence-corrected chi connectivity index (χ4v) is 0.969. The van der Waals surface area contributed by atoms with Crippen molar-refractivity contribution in [3.05, 3.63) is 0 Å². The van der Waals surface area contributed by atoms with Gasteiger partial charge in [0.2, 0.25) is 10.0 Å². The van der Waals surface area contributed by atoms with E-state index in [9.17, 15) is 8.42 Å². The molecule has 0 heterocycles. The molecule has 0 aliphatic rings. The minimum atomic E-state index is -3.19. The van der Waals surface area contributed by atoms with Crippen molar-refractivity contribution >= 4 is 10.0 Å². The van der Waals surface area contributed by atoms with Crippen LogP contribution in [0.4, 0.5) is 0 Å². The van der Waals surface area contributed by atoms with Gasteiger partial charge in [0.15, 0.2) is 0 Å². The summed E-state index contributed by atoms with van der Waals surface area (Å²) in [6, 6.07) is 0. The molecule has 5 nitrogen and oxygen atoms in total. The minimum absolute atomic E-state index is 0.104. The Morgan fingerprint density at radius 2 is 2.11 bits per heavy atom. The molecule has 0 rings (SSSR count). The Balaban J connectivity index is 3.75. The topological polar surface area (TPSA) is 98.2 Å². The Hall–Kier alpha value is -0.170. The molecule has 6 heteroatoms. The third-order valence-corrected chi connectivity index (χ3v) is 1.35. The van der Waals surface area contributed by atoms with Gasteiger partial charge in [0.05, 0.1) is 12.4 Å². The van der Waals surface area contributed by atoms with Gasteiger partial charge in [0.1, 0.15) is 0 Å². The fraction of sp³-hybridized carbons (Fsp3) is 1.00.